The topological polar surface area (TPSA) is 86.7 Å². The summed E-state index contributed by atoms with van der Waals surface area (Å²) in [4.78, 5) is 35.0. The number of urea groups is 1. The van der Waals surface area contributed by atoms with E-state index in [1.165, 1.54) is 4.90 Å². The molecule has 0 bridgehead atoms. The molecule has 0 aromatic carbocycles. The Morgan fingerprint density at radius 2 is 2.00 bits per heavy atom. The first-order chi connectivity index (χ1) is 8.40. The molecule has 6 nitrogen and oxygen atoms in total. The van der Waals surface area contributed by atoms with Gasteiger partial charge in [0.05, 0.1) is 0 Å². The van der Waals surface area contributed by atoms with Crippen LogP contribution in [0.15, 0.2) is 12.7 Å². The van der Waals surface area contributed by atoms with Crippen LogP contribution in [0.3, 0.4) is 0 Å². The highest BCUT2D eigenvalue weighted by Gasteiger charge is 2.17. The van der Waals surface area contributed by atoms with E-state index in [1.54, 1.807) is 19.9 Å². The summed E-state index contributed by atoms with van der Waals surface area (Å²) in [6, 6.07) is -0.482. The molecule has 2 N–H and O–H groups in total. The van der Waals surface area contributed by atoms with Crippen LogP contribution in [0.5, 0.6) is 0 Å². The third-order valence-corrected chi connectivity index (χ3v) is 2.32. The number of hydrogen-bond acceptors (Lipinski definition) is 3. The zero-order chi connectivity index (χ0) is 14.1. The fourth-order valence-electron chi connectivity index (χ4n) is 1.45. The molecule has 0 aliphatic rings. The molecule has 6 heteroatoms. The molecule has 0 radical (unpaired) electrons. The van der Waals surface area contributed by atoms with E-state index in [4.69, 9.17) is 5.11 Å². The van der Waals surface area contributed by atoms with Crippen molar-refractivity contribution in [2.24, 2.45) is 5.92 Å². The highest BCUT2D eigenvalue weighted by atomic mass is 16.4. The Balaban J connectivity index is 4.18. The van der Waals surface area contributed by atoms with E-state index in [2.05, 4.69) is 11.9 Å². The van der Waals surface area contributed by atoms with E-state index in [0.717, 1.165) is 0 Å². The number of nitrogens with one attached hydrogen (secondary N) is 1. The highest BCUT2D eigenvalue weighted by Crippen LogP contribution is 2.07. The van der Waals surface area contributed by atoms with Crippen molar-refractivity contribution in [1.29, 1.82) is 0 Å². The van der Waals surface area contributed by atoms with Gasteiger partial charge in [-0.15, -0.1) is 6.58 Å². The fourth-order valence-corrected chi connectivity index (χ4v) is 1.45. The number of amides is 3. The van der Waals surface area contributed by atoms with Crippen molar-refractivity contribution >= 4 is 17.9 Å². The molecule has 0 aromatic heterocycles. The van der Waals surface area contributed by atoms with Crippen LogP contribution < -0.4 is 5.32 Å². The lowest BCUT2D eigenvalue weighted by atomic mass is 10.0. The van der Waals surface area contributed by atoms with Crippen LogP contribution in [0.1, 0.15) is 26.7 Å². The quantitative estimate of drug-likeness (QED) is 0.671. The minimum Gasteiger partial charge on any atom is -0.481 e. The number of aliphatic carboxylic acids is 1. The van der Waals surface area contributed by atoms with Gasteiger partial charge in [-0.05, 0) is 12.8 Å². The fraction of sp³-hybridized carbons (Fsp3) is 0.583. The highest BCUT2D eigenvalue weighted by molar-refractivity contribution is 5.94. The predicted octanol–water partition coefficient (Wildman–Crippen LogP) is 1.23. The maximum absolute atomic E-state index is 11.6. The number of carbonyl (C=O) groups is 3. The number of carbonyl (C=O) groups excluding carboxylic acids is 2. The third-order valence-electron chi connectivity index (χ3n) is 2.32. The van der Waals surface area contributed by atoms with Crippen molar-refractivity contribution in [3.8, 4) is 0 Å². The predicted molar refractivity (Wildman–Crippen MR) is 67.0 cm³/mol. The van der Waals surface area contributed by atoms with Crippen molar-refractivity contribution in [2.75, 3.05) is 13.1 Å². The maximum atomic E-state index is 11.6. The number of carboxylic acid groups (broad SMARTS) is 1. The zero-order valence-electron chi connectivity index (χ0n) is 10.8. The number of nitrogens with zero attached hydrogens (tertiary/aromatic N) is 1. The van der Waals surface area contributed by atoms with Gasteiger partial charge in [-0.3, -0.25) is 14.9 Å². The molecule has 1 unspecified atom stereocenters. The van der Waals surface area contributed by atoms with Crippen LogP contribution >= 0.6 is 0 Å². The Bertz CT molecular complexity index is 328. The van der Waals surface area contributed by atoms with Crippen LogP contribution in [-0.4, -0.2) is 41.0 Å². The Morgan fingerprint density at radius 3 is 2.44 bits per heavy atom. The van der Waals surface area contributed by atoms with Crippen molar-refractivity contribution in [1.82, 2.24) is 10.2 Å². The number of imide groups is 1. The van der Waals surface area contributed by atoms with Crippen LogP contribution in [0.2, 0.25) is 0 Å². The summed E-state index contributed by atoms with van der Waals surface area (Å²) in [5, 5.41) is 10.8. The first-order valence-corrected chi connectivity index (χ1v) is 5.82. The monoisotopic (exact) mass is 256 g/mol. The molecule has 0 aliphatic heterocycles. The van der Waals surface area contributed by atoms with E-state index >= 15 is 0 Å². The molecule has 1 atom stereocenters. The summed E-state index contributed by atoms with van der Waals surface area (Å²) in [7, 11) is 0. The SMILES string of the molecule is C=CCN(CC)C(=O)NC(=O)CC(C)CC(=O)O. The lowest BCUT2D eigenvalue weighted by Crippen LogP contribution is -2.43. The molecule has 0 heterocycles. The molecule has 0 saturated carbocycles. The van der Waals surface area contributed by atoms with Crippen LogP contribution in [-0.2, 0) is 9.59 Å². The van der Waals surface area contributed by atoms with Crippen LogP contribution in [0, 0.1) is 5.92 Å². The second-order valence-corrected chi connectivity index (χ2v) is 4.09. The van der Waals surface area contributed by atoms with Gasteiger partial charge in [-0.25, -0.2) is 4.79 Å². The largest absolute Gasteiger partial charge is 0.481 e. The van der Waals surface area contributed by atoms with Gasteiger partial charge in [0.2, 0.25) is 5.91 Å². The van der Waals surface area contributed by atoms with Gasteiger partial charge in [-0.2, -0.15) is 0 Å². The minimum absolute atomic E-state index is 0.0175. The van der Waals surface area contributed by atoms with Crippen molar-refractivity contribution < 1.29 is 19.5 Å². The second kappa shape index (κ2) is 8.27. The molecule has 0 aromatic rings. The Labute approximate surface area is 107 Å². The van der Waals surface area contributed by atoms with E-state index in [-0.39, 0.29) is 18.8 Å². The molecule has 0 fully saturated rings. The van der Waals surface area contributed by atoms with E-state index < -0.39 is 17.9 Å². The molecule has 0 rings (SSSR count). The van der Waals surface area contributed by atoms with Crippen LogP contribution in [0.4, 0.5) is 4.79 Å². The Kier molecular flexibility index (Phi) is 7.42. The van der Waals surface area contributed by atoms with Gasteiger partial charge in [0.15, 0.2) is 0 Å². The van der Waals surface area contributed by atoms with Crippen molar-refractivity contribution in [3.05, 3.63) is 12.7 Å². The Morgan fingerprint density at radius 1 is 1.39 bits per heavy atom. The summed E-state index contributed by atoms with van der Waals surface area (Å²) in [5.74, 6) is -1.72. The average molecular weight is 256 g/mol. The molecular weight excluding hydrogens is 236 g/mol. The van der Waals surface area contributed by atoms with Gasteiger partial charge in [0, 0.05) is 25.9 Å². The number of carboxylic acids is 1. The van der Waals surface area contributed by atoms with Gasteiger partial charge >= 0.3 is 12.0 Å². The molecule has 18 heavy (non-hydrogen) atoms. The van der Waals surface area contributed by atoms with Gasteiger partial charge in [0.25, 0.3) is 0 Å². The minimum atomic E-state index is -0.955. The zero-order valence-corrected chi connectivity index (χ0v) is 10.8. The molecule has 3 amide bonds. The first kappa shape index (κ1) is 16.1. The van der Waals surface area contributed by atoms with E-state index in [9.17, 15) is 14.4 Å². The lowest BCUT2D eigenvalue weighted by molar-refractivity contribution is -0.138. The molecule has 0 spiro atoms. The number of hydrogen-bond donors (Lipinski definition) is 2. The second-order valence-electron chi connectivity index (χ2n) is 4.09. The van der Waals surface area contributed by atoms with Crippen LogP contribution in [0.25, 0.3) is 0 Å². The molecule has 0 saturated heterocycles. The van der Waals surface area contributed by atoms with Gasteiger partial charge in [-0.1, -0.05) is 13.0 Å². The van der Waals surface area contributed by atoms with E-state index in [1.807, 2.05) is 0 Å². The number of rotatable bonds is 7. The lowest BCUT2D eigenvalue weighted by Gasteiger charge is -2.19. The summed E-state index contributed by atoms with van der Waals surface area (Å²) in [6.07, 6.45) is 1.50. The summed E-state index contributed by atoms with van der Waals surface area (Å²) < 4.78 is 0. The molecule has 102 valence electrons. The average Bonchev–Trinajstić information content (AvgIpc) is 2.23. The standard InChI is InChI=1S/C12H20N2O4/c1-4-6-14(5-2)12(18)13-10(15)7-9(3)8-11(16)17/h4,9H,1,5-8H2,2-3H3,(H,16,17)(H,13,15,18). The molecular formula is C12H20N2O4. The molecule has 0 aliphatic carbocycles. The summed E-state index contributed by atoms with van der Waals surface area (Å²) in [6.45, 7) is 7.79. The third kappa shape index (κ3) is 6.67. The smallest absolute Gasteiger partial charge is 0.324 e. The van der Waals surface area contributed by atoms with Gasteiger partial charge in [0.1, 0.15) is 0 Å². The number of likely N-dealkylation sites (N-methyl/N-ethyl adjacent to an activating group) is 1. The van der Waals surface area contributed by atoms with Crippen molar-refractivity contribution in [2.45, 2.75) is 26.7 Å². The van der Waals surface area contributed by atoms with E-state index in [0.29, 0.717) is 13.1 Å². The maximum Gasteiger partial charge on any atom is 0.324 e. The van der Waals surface area contributed by atoms with Gasteiger partial charge < -0.3 is 10.0 Å². The first-order valence-electron chi connectivity index (χ1n) is 5.82. The summed E-state index contributed by atoms with van der Waals surface area (Å²) in [5.41, 5.74) is 0. The van der Waals surface area contributed by atoms with Crippen molar-refractivity contribution in [3.63, 3.8) is 0 Å². The normalized spacial score (nSPS) is 11.4. The summed E-state index contributed by atoms with van der Waals surface area (Å²) >= 11 is 0. The Hall–Kier alpha value is -1.85.